The van der Waals surface area contributed by atoms with Gasteiger partial charge in [-0.15, -0.1) is 0 Å². The van der Waals surface area contributed by atoms with Crippen LogP contribution in [-0.4, -0.2) is 44.3 Å². The number of nitrogens with one attached hydrogen (secondary N) is 1. The summed E-state index contributed by atoms with van der Waals surface area (Å²) in [4.78, 5) is 27.8. The minimum Gasteiger partial charge on any atom is -0.354 e. The summed E-state index contributed by atoms with van der Waals surface area (Å²) >= 11 is 5.96. The van der Waals surface area contributed by atoms with Gasteiger partial charge in [-0.25, -0.2) is 12.8 Å². The molecule has 3 aromatic carbocycles. The summed E-state index contributed by atoms with van der Waals surface area (Å²) in [6.07, 6.45) is 0.695. The van der Waals surface area contributed by atoms with Crippen molar-refractivity contribution in [3.8, 4) is 0 Å². The van der Waals surface area contributed by atoms with Crippen LogP contribution in [0.2, 0.25) is 5.02 Å². The summed E-state index contributed by atoms with van der Waals surface area (Å²) in [5, 5.41) is 3.12. The SMILES string of the molecule is CCCNC(=O)[C@H](C)N(Cc1ccccc1F)C(=O)CN(c1ccccc1C)S(=O)(=O)c1ccc(Cl)cc1. The topological polar surface area (TPSA) is 86.8 Å². The molecule has 1 atom stereocenters. The van der Waals surface area contributed by atoms with E-state index in [2.05, 4.69) is 5.32 Å². The number of halogens is 2. The largest absolute Gasteiger partial charge is 0.354 e. The van der Waals surface area contributed by atoms with Gasteiger partial charge >= 0.3 is 0 Å². The number of rotatable bonds is 11. The molecule has 7 nitrogen and oxygen atoms in total. The molecule has 0 spiro atoms. The molecule has 0 unspecified atom stereocenters. The highest BCUT2D eigenvalue weighted by Crippen LogP contribution is 2.28. The van der Waals surface area contributed by atoms with Gasteiger partial charge in [0.1, 0.15) is 18.4 Å². The monoisotopic (exact) mass is 559 g/mol. The Morgan fingerprint density at radius 2 is 1.63 bits per heavy atom. The molecule has 0 saturated heterocycles. The molecule has 2 amide bonds. The van der Waals surface area contributed by atoms with Gasteiger partial charge in [-0.05, 0) is 62.2 Å². The zero-order chi connectivity index (χ0) is 27.9. The maximum Gasteiger partial charge on any atom is 0.264 e. The Hall–Kier alpha value is -3.43. The van der Waals surface area contributed by atoms with Crippen molar-refractivity contribution >= 4 is 39.1 Å². The Balaban J connectivity index is 2.04. The predicted molar refractivity (Wildman–Crippen MR) is 147 cm³/mol. The summed E-state index contributed by atoms with van der Waals surface area (Å²) in [5.74, 6) is -1.61. The van der Waals surface area contributed by atoms with E-state index in [1.807, 2.05) is 6.92 Å². The standard InChI is InChI=1S/C28H31ClFN3O4S/c1-4-17-31-28(35)21(3)32(18-22-10-6-7-11-25(22)30)27(34)19-33(26-12-8-5-9-20(26)2)38(36,37)24-15-13-23(29)14-16-24/h5-16,21H,4,17-19H2,1-3H3,(H,31,35)/t21-/m0/s1. The minimum absolute atomic E-state index is 0.0488. The van der Waals surface area contributed by atoms with Crippen LogP contribution in [0.3, 0.4) is 0 Å². The first-order valence-electron chi connectivity index (χ1n) is 12.2. The van der Waals surface area contributed by atoms with Gasteiger partial charge in [0.15, 0.2) is 0 Å². The number of anilines is 1. The van der Waals surface area contributed by atoms with Gasteiger partial charge < -0.3 is 10.2 Å². The van der Waals surface area contributed by atoms with E-state index in [4.69, 9.17) is 11.6 Å². The molecule has 0 aliphatic carbocycles. The second kappa shape index (κ2) is 12.9. The molecule has 0 bridgehead atoms. The summed E-state index contributed by atoms with van der Waals surface area (Å²) in [5.41, 5.74) is 1.15. The van der Waals surface area contributed by atoms with Gasteiger partial charge in [0.25, 0.3) is 10.0 Å². The smallest absolute Gasteiger partial charge is 0.264 e. The van der Waals surface area contributed by atoms with E-state index in [9.17, 15) is 22.4 Å². The maximum atomic E-state index is 14.5. The summed E-state index contributed by atoms with van der Waals surface area (Å²) in [6.45, 7) is 4.77. The fourth-order valence-electron chi connectivity index (χ4n) is 3.88. The van der Waals surface area contributed by atoms with Gasteiger partial charge in [-0.2, -0.15) is 0 Å². The highest BCUT2D eigenvalue weighted by atomic mass is 35.5. The zero-order valence-electron chi connectivity index (χ0n) is 21.5. The number of nitrogens with zero attached hydrogens (tertiary/aromatic N) is 2. The third-order valence-electron chi connectivity index (χ3n) is 6.08. The first kappa shape index (κ1) is 29.1. The van der Waals surface area contributed by atoms with Crippen LogP contribution in [-0.2, 0) is 26.2 Å². The summed E-state index contributed by atoms with van der Waals surface area (Å²) in [6, 6.07) is 17.4. The minimum atomic E-state index is -4.21. The predicted octanol–water partition coefficient (Wildman–Crippen LogP) is 4.93. The van der Waals surface area contributed by atoms with Crippen molar-refractivity contribution in [2.45, 2.75) is 44.7 Å². The number of sulfonamides is 1. The summed E-state index contributed by atoms with van der Waals surface area (Å²) < 4.78 is 43.1. The number of amides is 2. The van der Waals surface area contributed by atoms with Crippen LogP contribution in [0.15, 0.2) is 77.7 Å². The fraction of sp³-hybridized carbons (Fsp3) is 0.286. The fourth-order valence-corrected chi connectivity index (χ4v) is 5.48. The lowest BCUT2D eigenvalue weighted by Gasteiger charge is -2.32. The number of carbonyl (C=O) groups excluding carboxylic acids is 2. The number of carbonyl (C=O) groups is 2. The second-order valence-corrected chi connectivity index (χ2v) is 11.1. The molecule has 0 aliphatic heterocycles. The van der Waals surface area contributed by atoms with E-state index >= 15 is 0 Å². The number of aryl methyl sites for hydroxylation is 1. The molecule has 0 aliphatic rings. The van der Waals surface area contributed by atoms with Gasteiger partial charge in [-0.1, -0.05) is 54.9 Å². The van der Waals surface area contributed by atoms with Crippen LogP contribution < -0.4 is 9.62 Å². The van der Waals surface area contributed by atoms with Gasteiger partial charge in [-0.3, -0.25) is 13.9 Å². The Bertz CT molecular complexity index is 1380. The number of hydrogen-bond donors (Lipinski definition) is 1. The van der Waals surface area contributed by atoms with Crippen molar-refractivity contribution < 1.29 is 22.4 Å². The molecule has 0 heterocycles. The Morgan fingerprint density at radius 1 is 1.00 bits per heavy atom. The molecule has 38 heavy (non-hydrogen) atoms. The molecular weight excluding hydrogens is 529 g/mol. The maximum absolute atomic E-state index is 14.5. The third-order valence-corrected chi connectivity index (χ3v) is 8.11. The second-order valence-electron chi connectivity index (χ2n) is 8.83. The van der Waals surface area contributed by atoms with Crippen molar-refractivity contribution in [3.63, 3.8) is 0 Å². The first-order valence-corrected chi connectivity index (χ1v) is 14.0. The number of hydrogen-bond acceptors (Lipinski definition) is 4. The molecule has 0 saturated carbocycles. The molecular formula is C28H31ClFN3O4S. The number of benzene rings is 3. The molecule has 0 aromatic heterocycles. The van der Waals surface area contributed by atoms with Crippen LogP contribution in [0, 0.1) is 12.7 Å². The molecule has 0 radical (unpaired) electrons. The van der Waals surface area contributed by atoms with E-state index in [1.165, 1.54) is 54.3 Å². The van der Waals surface area contributed by atoms with Crippen molar-refractivity contribution in [3.05, 3.63) is 94.8 Å². The zero-order valence-corrected chi connectivity index (χ0v) is 23.1. The van der Waals surface area contributed by atoms with Crippen molar-refractivity contribution in [1.82, 2.24) is 10.2 Å². The van der Waals surface area contributed by atoms with E-state index in [1.54, 1.807) is 37.3 Å². The van der Waals surface area contributed by atoms with E-state index in [-0.39, 0.29) is 17.0 Å². The number of para-hydroxylation sites is 1. The van der Waals surface area contributed by atoms with Crippen molar-refractivity contribution in [2.24, 2.45) is 0 Å². The van der Waals surface area contributed by atoms with E-state index < -0.39 is 40.2 Å². The van der Waals surface area contributed by atoms with Crippen LogP contribution in [0.1, 0.15) is 31.4 Å². The quantitative estimate of drug-likeness (QED) is 0.361. The average molecular weight is 560 g/mol. The van der Waals surface area contributed by atoms with Gasteiger partial charge in [0.05, 0.1) is 10.6 Å². The highest BCUT2D eigenvalue weighted by Gasteiger charge is 2.33. The molecule has 202 valence electrons. The van der Waals surface area contributed by atoms with Crippen molar-refractivity contribution in [1.29, 1.82) is 0 Å². The van der Waals surface area contributed by atoms with Gasteiger partial charge in [0, 0.05) is 23.7 Å². The summed E-state index contributed by atoms with van der Waals surface area (Å²) in [7, 11) is -4.21. The van der Waals surface area contributed by atoms with E-state index in [0.717, 1.165) is 4.31 Å². The lowest BCUT2D eigenvalue weighted by atomic mass is 10.1. The van der Waals surface area contributed by atoms with Crippen LogP contribution >= 0.6 is 11.6 Å². The molecule has 3 rings (SSSR count). The Labute approximate surface area is 228 Å². The molecule has 3 aromatic rings. The van der Waals surface area contributed by atoms with Crippen LogP contribution in [0.5, 0.6) is 0 Å². The molecule has 10 heteroatoms. The highest BCUT2D eigenvalue weighted by molar-refractivity contribution is 7.92. The lowest BCUT2D eigenvalue weighted by molar-refractivity contribution is -0.139. The van der Waals surface area contributed by atoms with Crippen LogP contribution in [0.25, 0.3) is 0 Å². The van der Waals surface area contributed by atoms with E-state index in [0.29, 0.717) is 29.2 Å². The average Bonchev–Trinajstić information content (AvgIpc) is 2.90. The Kier molecular flexibility index (Phi) is 9.88. The van der Waals surface area contributed by atoms with Crippen LogP contribution in [0.4, 0.5) is 10.1 Å². The lowest BCUT2D eigenvalue weighted by Crippen LogP contribution is -2.51. The molecule has 0 fully saturated rings. The van der Waals surface area contributed by atoms with Gasteiger partial charge in [0.2, 0.25) is 11.8 Å². The Morgan fingerprint density at radius 3 is 2.26 bits per heavy atom. The first-order chi connectivity index (χ1) is 18.1. The normalized spacial score (nSPS) is 12.0. The third kappa shape index (κ3) is 6.90. The molecule has 1 N–H and O–H groups in total. The van der Waals surface area contributed by atoms with Crippen molar-refractivity contribution in [2.75, 3.05) is 17.4 Å².